The minimum atomic E-state index is -0.971. The third kappa shape index (κ3) is 6.85. The van der Waals surface area contributed by atoms with Gasteiger partial charge in [0.15, 0.2) is 5.82 Å². The van der Waals surface area contributed by atoms with Crippen molar-refractivity contribution in [2.45, 2.75) is 46.8 Å². The molecule has 2 aromatic carbocycles. The molecule has 5 aromatic rings. The van der Waals surface area contributed by atoms with Gasteiger partial charge in [0.05, 0.1) is 22.1 Å². The molecule has 5 heterocycles. The number of halogens is 3. The van der Waals surface area contributed by atoms with Gasteiger partial charge in [0.1, 0.15) is 28.6 Å². The number of piperazine rings is 2. The van der Waals surface area contributed by atoms with E-state index >= 15 is 13.2 Å². The van der Waals surface area contributed by atoms with E-state index in [-0.39, 0.29) is 57.6 Å². The SMILES string of the molecule is CCn1cc(-c2nnc(NC(=O)Nc3cn(CC)c4c(F)c(N5CCN(C)C(C)C5)c(F)cc4c3=O)o2)c(=O)c2cc(F)c(N3CCN(C(C)=O)CC3)cc21. The van der Waals surface area contributed by atoms with Crippen molar-refractivity contribution in [2.24, 2.45) is 0 Å². The first-order valence-electron chi connectivity index (χ1n) is 18.1. The van der Waals surface area contributed by atoms with Crippen LogP contribution in [0.1, 0.15) is 27.7 Å². The molecule has 1 unspecified atom stereocenters. The van der Waals surface area contributed by atoms with Crippen LogP contribution in [0, 0.1) is 17.5 Å². The lowest BCUT2D eigenvalue weighted by Gasteiger charge is -2.39. The van der Waals surface area contributed by atoms with Gasteiger partial charge in [-0.25, -0.2) is 18.0 Å². The molecule has 0 aliphatic carbocycles. The molecule has 0 saturated carbocycles. The Morgan fingerprint density at radius 2 is 1.55 bits per heavy atom. The van der Waals surface area contributed by atoms with Gasteiger partial charge in [-0.2, -0.15) is 0 Å². The number of aryl methyl sites for hydroxylation is 2. The number of nitrogens with zero attached hydrogens (tertiary/aromatic N) is 8. The molecule has 3 amide bonds. The summed E-state index contributed by atoms with van der Waals surface area (Å²) in [7, 11) is 1.95. The molecule has 0 bridgehead atoms. The van der Waals surface area contributed by atoms with Crippen molar-refractivity contribution in [2.75, 3.05) is 73.3 Å². The van der Waals surface area contributed by atoms with Crippen LogP contribution in [0.5, 0.6) is 0 Å². The zero-order valence-electron chi connectivity index (χ0n) is 31.1. The van der Waals surface area contributed by atoms with Gasteiger partial charge >= 0.3 is 12.0 Å². The zero-order valence-corrected chi connectivity index (χ0v) is 31.1. The highest BCUT2D eigenvalue weighted by Crippen LogP contribution is 2.32. The third-order valence-electron chi connectivity index (χ3n) is 10.5. The number of hydrogen-bond donors (Lipinski definition) is 2. The summed E-state index contributed by atoms with van der Waals surface area (Å²) in [5.41, 5.74) is -1.16. The monoisotopic (exact) mass is 762 g/mol. The highest BCUT2D eigenvalue weighted by Gasteiger charge is 2.29. The van der Waals surface area contributed by atoms with Crippen LogP contribution in [0.15, 0.2) is 44.6 Å². The predicted molar refractivity (Wildman–Crippen MR) is 202 cm³/mol. The van der Waals surface area contributed by atoms with Crippen molar-refractivity contribution in [1.29, 1.82) is 0 Å². The maximum Gasteiger partial charge on any atom is 0.327 e. The van der Waals surface area contributed by atoms with E-state index in [9.17, 15) is 19.2 Å². The van der Waals surface area contributed by atoms with Gasteiger partial charge in [-0.1, -0.05) is 5.10 Å². The van der Waals surface area contributed by atoms with Crippen LogP contribution in [-0.4, -0.2) is 100.0 Å². The second kappa shape index (κ2) is 14.7. The molecule has 55 heavy (non-hydrogen) atoms. The standard InChI is InChI=1S/C37H41F3N10O5/c1-6-46-18-24(33(52)22-14-25(38)29(16-28(22)46)49-12-10-48(11-13-49)21(4)51)35-43-44-37(55-35)42-36(54)41-27-19-47(7-2)31-23(34(27)53)15-26(39)32(30(31)40)50-9-8-45(5)20(3)17-50/h14-16,18-20H,6-13,17H2,1-5H3,(H2,41,42,44,54). The van der Waals surface area contributed by atoms with Gasteiger partial charge in [0.2, 0.25) is 16.8 Å². The molecule has 18 heteroatoms. The molecular weight excluding hydrogens is 721 g/mol. The molecule has 7 rings (SSSR count). The molecule has 2 N–H and O–H groups in total. The first-order valence-corrected chi connectivity index (χ1v) is 18.1. The van der Waals surface area contributed by atoms with Crippen molar-refractivity contribution in [3.63, 3.8) is 0 Å². The Morgan fingerprint density at radius 3 is 2.22 bits per heavy atom. The minimum Gasteiger partial charge on any atom is -0.403 e. The van der Waals surface area contributed by atoms with E-state index in [4.69, 9.17) is 4.42 Å². The summed E-state index contributed by atoms with van der Waals surface area (Å²) in [5, 5.41) is 12.3. The number of rotatable bonds is 7. The lowest BCUT2D eigenvalue weighted by molar-refractivity contribution is -0.129. The molecular formula is C37H41F3N10O5. The zero-order chi connectivity index (χ0) is 39.3. The predicted octanol–water partition coefficient (Wildman–Crippen LogP) is 4.28. The molecule has 0 radical (unpaired) electrons. The number of nitrogens with one attached hydrogen (secondary N) is 2. The van der Waals surface area contributed by atoms with Gasteiger partial charge in [-0.15, -0.1) is 5.10 Å². The van der Waals surface area contributed by atoms with E-state index in [0.717, 1.165) is 6.07 Å². The summed E-state index contributed by atoms with van der Waals surface area (Å²) in [5.74, 6) is -2.63. The Morgan fingerprint density at radius 1 is 0.855 bits per heavy atom. The van der Waals surface area contributed by atoms with Crippen LogP contribution in [0.25, 0.3) is 33.3 Å². The van der Waals surface area contributed by atoms with Gasteiger partial charge in [0, 0.05) is 89.6 Å². The van der Waals surface area contributed by atoms with Crippen LogP contribution >= 0.6 is 0 Å². The van der Waals surface area contributed by atoms with Gasteiger partial charge < -0.3 is 38.5 Å². The largest absolute Gasteiger partial charge is 0.403 e. The van der Waals surface area contributed by atoms with Crippen LogP contribution in [-0.2, 0) is 17.9 Å². The number of benzene rings is 2. The molecule has 15 nitrogen and oxygen atoms in total. The van der Waals surface area contributed by atoms with E-state index in [1.165, 1.54) is 30.0 Å². The van der Waals surface area contributed by atoms with E-state index in [1.807, 2.05) is 25.8 Å². The van der Waals surface area contributed by atoms with Crippen molar-refractivity contribution in [1.82, 2.24) is 29.1 Å². The fraction of sp³-hybridized carbons (Fsp3) is 0.405. The molecule has 2 saturated heterocycles. The first kappa shape index (κ1) is 37.4. The van der Waals surface area contributed by atoms with Crippen molar-refractivity contribution in [3.05, 3.63) is 68.5 Å². The summed E-state index contributed by atoms with van der Waals surface area (Å²) in [6, 6.07) is 2.45. The number of carbonyl (C=O) groups is 2. The van der Waals surface area contributed by atoms with Crippen LogP contribution in [0.4, 0.5) is 41.0 Å². The van der Waals surface area contributed by atoms with Crippen molar-refractivity contribution < 1.29 is 27.2 Å². The second-order valence-electron chi connectivity index (χ2n) is 13.8. The molecule has 290 valence electrons. The Labute approximate surface area is 312 Å². The Balaban J connectivity index is 1.13. The maximum atomic E-state index is 16.1. The summed E-state index contributed by atoms with van der Waals surface area (Å²) in [4.78, 5) is 59.3. The Kier molecular flexibility index (Phi) is 10.0. The first-order chi connectivity index (χ1) is 26.3. The topological polar surface area (TPSA) is 154 Å². The fourth-order valence-electron chi connectivity index (χ4n) is 7.31. The summed E-state index contributed by atoms with van der Waals surface area (Å²) < 4.78 is 55.9. The third-order valence-corrected chi connectivity index (χ3v) is 10.5. The lowest BCUT2D eigenvalue weighted by Crippen LogP contribution is -2.50. The summed E-state index contributed by atoms with van der Waals surface area (Å²) >= 11 is 0. The highest BCUT2D eigenvalue weighted by molar-refractivity contribution is 6.00. The fourth-order valence-corrected chi connectivity index (χ4v) is 7.31. The average molecular weight is 763 g/mol. The average Bonchev–Trinajstić information content (AvgIpc) is 3.62. The van der Waals surface area contributed by atoms with Gasteiger partial charge in [-0.3, -0.25) is 19.7 Å². The van der Waals surface area contributed by atoms with E-state index in [0.29, 0.717) is 63.6 Å². The number of likely N-dealkylation sites (N-methyl/N-ethyl adjacent to an activating group) is 1. The minimum absolute atomic E-state index is 0.0349. The summed E-state index contributed by atoms with van der Waals surface area (Å²) in [6.45, 7) is 10.8. The Bertz CT molecular complexity index is 2460. The number of aromatic nitrogens is 4. The molecule has 2 aliphatic heterocycles. The van der Waals surface area contributed by atoms with Crippen molar-refractivity contribution >= 4 is 56.8 Å². The summed E-state index contributed by atoms with van der Waals surface area (Å²) in [6.07, 6.45) is 2.79. The van der Waals surface area contributed by atoms with Crippen LogP contribution in [0.2, 0.25) is 0 Å². The Hall–Kier alpha value is -5.91. The number of amides is 3. The molecule has 2 aliphatic rings. The molecule has 0 spiro atoms. The number of pyridine rings is 2. The lowest BCUT2D eigenvalue weighted by atomic mass is 10.1. The quantitative estimate of drug-likeness (QED) is 0.246. The maximum absolute atomic E-state index is 16.1. The normalized spacial score (nSPS) is 16.7. The second-order valence-corrected chi connectivity index (χ2v) is 13.8. The van der Waals surface area contributed by atoms with Crippen LogP contribution < -0.4 is 31.3 Å². The van der Waals surface area contributed by atoms with Gasteiger partial charge in [0.25, 0.3) is 5.89 Å². The number of anilines is 4. The molecule has 1 atom stereocenters. The molecule has 3 aromatic heterocycles. The number of urea groups is 1. The van der Waals surface area contributed by atoms with Crippen molar-refractivity contribution in [3.8, 4) is 11.5 Å². The number of fused-ring (bicyclic) bond motifs is 2. The molecule has 2 fully saturated rings. The van der Waals surface area contributed by atoms with E-state index < -0.39 is 40.4 Å². The van der Waals surface area contributed by atoms with Gasteiger partial charge in [-0.05, 0) is 46.0 Å². The van der Waals surface area contributed by atoms with E-state index in [1.54, 1.807) is 27.4 Å². The highest BCUT2D eigenvalue weighted by atomic mass is 19.1. The number of carbonyl (C=O) groups excluding carboxylic acids is 2. The number of hydrogen-bond acceptors (Lipinski definition) is 10. The van der Waals surface area contributed by atoms with E-state index in [2.05, 4.69) is 25.7 Å². The smallest absolute Gasteiger partial charge is 0.327 e. The van der Waals surface area contributed by atoms with Crippen LogP contribution in [0.3, 0.4) is 0 Å².